The number of nitrogens with zero attached hydrogens (tertiary/aromatic N) is 3. The molecular formula is C14H20N4O2. The minimum atomic E-state index is 0.141. The summed E-state index contributed by atoms with van der Waals surface area (Å²) in [5, 5.41) is 3.10. The van der Waals surface area contributed by atoms with Gasteiger partial charge >= 0.3 is 0 Å². The lowest BCUT2D eigenvalue weighted by Crippen LogP contribution is -2.44. The van der Waals surface area contributed by atoms with Crippen molar-refractivity contribution in [2.75, 3.05) is 38.2 Å². The summed E-state index contributed by atoms with van der Waals surface area (Å²) in [5.74, 6) is 1.32. The van der Waals surface area contributed by atoms with Crippen LogP contribution in [0.1, 0.15) is 30.9 Å². The molecule has 2 aliphatic heterocycles. The number of aromatic nitrogens is 2. The maximum absolute atomic E-state index is 11.8. The molecule has 1 aromatic rings. The number of ether oxygens (including phenoxy) is 1. The van der Waals surface area contributed by atoms with Gasteiger partial charge < -0.3 is 15.0 Å². The van der Waals surface area contributed by atoms with Gasteiger partial charge in [-0.15, -0.1) is 0 Å². The lowest BCUT2D eigenvalue weighted by molar-refractivity contribution is -0.132. The van der Waals surface area contributed by atoms with E-state index in [0.29, 0.717) is 12.5 Å². The van der Waals surface area contributed by atoms with E-state index in [2.05, 4.69) is 15.3 Å². The van der Waals surface area contributed by atoms with E-state index < -0.39 is 0 Å². The first-order chi connectivity index (χ1) is 9.83. The van der Waals surface area contributed by atoms with Gasteiger partial charge in [0.05, 0.1) is 6.54 Å². The Kier molecular flexibility index (Phi) is 4.11. The van der Waals surface area contributed by atoms with Crippen LogP contribution in [0.2, 0.25) is 0 Å². The number of likely N-dealkylation sites (tertiary alicyclic amines) is 1. The summed E-state index contributed by atoms with van der Waals surface area (Å²) in [6.45, 7) is 3.68. The summed E-state index contributed by atoms with van der Waals surface area (Å²) >= 11 is 0. The van der Waals surface area contributed by atoms with Crippen molar-refractivity contribution < 1.29 is 9.53 Å². The molecule has 20 heavy (non-hydrogen) atoms. The minimum absolute atomic E-state index is 0.141. The summed E-state index contributed by atoms with van der Waals surface area (Å²) in [5.41, 5.74) is 1.04. The zero-order valence-electron chi connectivity index (χ0n) is 11.5. The van der Waals surface area contributed by atoms with E-state index >= 15 is 0 Å². The molecule has 0 atom stereocenters. The second-order valence-corrected chi connectivity index (χ2v) is 5.30. The summed E-state index contributed by atoms with van der Waals surface area (Å²) < 4.78 is 5.37. The molecule has 0 unspecified atom stereocenters. The van der Waals surface area contributed by atoms with Gasteiger partial charge in [0, 0.05) is 44.0 Å². The largest absolute Gasteiger partial charge is 0.381 e. The van der Waals surface area contributed by atoms with Crippen molar-refractivity contribution in [3.05, 3.63) is 18.1 Å². The molecule has 0 aliphatic carbocycles. The van der Waals surface area contributed by atoms with Crippen molar-refractivity contribution in [3.8, 4) is 0 Å². The van der Waals surface area contributed by atoms with Gasteiger partial charge in [-0.1, -0.05) is 0 Å². The van der Waals surface area contributed by atoms with Crippen molar-refractivity contribution in [1.82, 2.24) is 14.9 Å². The number of rotatable bonds is 4. The lowest BCUT2D eigenvalue weighted by Gasteiger charge is -2.31. The topological polar surface area (TPSA) is 67.3 Å². The first-order valence-electron chi connectivity index (χ1n) is 7.24. The normalized spacial score (nSPS) is 19.5. The molecule has 2 fully saturated rings. The average Bonchev–Trinajstić information content (AvgIpc) is 2.45. The summed E-state index contributed by atoms with van der Waals surface area (Å²) in [7, 11) is 0. The number of hydrogen-bond acceptors (Lipinski definition) is 5. The highest BCUT2D eigenvalue weighted by Crippen LogP contribution is 2.25. The molecule has 1 aromatic heterocycles. The van der Waals surface area contributed by atoms with Gasteiger partial charge in [-0.3, -0.25) is 4.79 Å². The molecule has 1 amide bonds. The van der Waals surface area contributed by atoms with Crippen LogP contribution in [0, 0.1) is 0 Å². The van der Waals surface area contributed by atoms with E-state index in [0.717, 1.165) is 57.1 Å². The van der Waals surface area contributed by atoms with Crippen molar-refractivity contribution in [3.63, 3.8) is 0 Å². The van der Waals surface area contributed by atoms with E-state index in [1.807, 2.05) is 11.0 Å². The summed E-state index contributed by atoms with van der Waals surface area (Å²) in [4.78, 5) is 22.2. The maximum atomic E-state index is 11.8. The Morgan fingerprint density at radius 1 is 1.35 bits per heavy atom. The van der Waals surface area contributed by atoms with Crippen LogP contribution in [0.4, 0.5) is 5.82 Å². The highest BCUT2D eigenvalue weighted by molar-refractivity contribution is 5.81. The average molecular weight is 276 g/mol. The quantitative estimate of drug-likeness (QED) is 0.889. The lowest BCUT2D eigenvalue weighted by atomic mass is 9.96. The van der Waals surface area contributed by atoms with E-state index in [1.165, 1.54) is 0 Å². The van der Waals surface area contributed by atoms with E-state index in [1.54, 1.807) is 6.33 Å². The van der Waals surface area contributed by atoms with Crippen molar-refractivity contribution in [1.29, 1.82) is 0 Å². The molecule has 2 saturated heterocycles. The Labute approximate surface area is 118 Å². The monoisotopic (exact) mass is 276 g/mol. The smallest absolute Gasteiger partial charge is 0.241 e. The predicted octanol–water partition coefficient (Wildman–Crippen LogP) is 1.01. The van der Waals surface area contributed by atoms with Gasteiger partial charge in [0.25, 0.3) is 0 Å². The highest BCUT2D eigenvalue weighted by Gasteiger charge is 2.20. The predicted molar refractivity (Wildman–Crippen MR) is 74.5 cm³/mol. The van der Waals surface area contributed by atoms with Gasteiger partial charge in [0.1, 0.15) is 12.1 Å². The van der Waals surface area contributed by atoms with Gasteiger partial charge in [-0.25, -0.2) is 9.97 Å². The van der Waals surface area contributed by atoms with E-state index in [9.17, 15) is 4.79 Å². The summed E-state index contributed by atoms with van der Waals surface area (Å²) in [6, 6.07) is 1.96. The number of anilines is 1. The van der Waals surface area contributed by atoms with Crippen LogP contribution in [0.15, 0.2) is 12.4 Å². The Hall–Kier alpha value is -1.69. The van der Waals surface area contributed by atoms with Crippen LogP contribution in [0.3, 0.4) is 0 Å². The standard InChI is InChI=1S/C14H20N4O2/c19-14(18-4-1-5-18)9-15-13-8-12(16-10-17-13)11-2-6-20-7-3-11/h8,10-11H,1-7,9H2,(H,15,16,17). The third kappa shape index (κ3) is 3.07. The van der Waals surface area contributed by atoms with Crippen molar-refractivity contribution in [2.45, 2.75) is 25.2 Å². The Bertz CT molecular complexity index is 470. The Balaban J connectivity index is 1.57. The molecule has 6 nitrogen and oxygen atoms in total. The molecule has 6 heteroatoms. The fourth-order valence-corrected chi connectivity index (χ4v) is 2.53. The van der Waals surface area contributed by atoms with E-state index in [-0.39, 0.29) is 5.91 Å². The molecule has 0 bridgehead atoms. The number of hydrogen-bond donors (Lipinski definition) is 1. The molecule has 1 N–H and O–H groups in total. The number of carbonyl (C=O) groups is 1. The number of carbonyl (C=O) groups excluding carboxylic acids is 1. The molecule has 108 valence electrons. The fraction of sp³-hybridized carbons (Fsp3) is 0.643. The number of amides is 1. The molecule has 0 aromatic carbocycles. The molecule has 0 radical (unpaired) electrons. The van der Waals surface area contributed by atoms with Gasteiger partial charge in [-0.05, 0) is 19.3 Å². The first kappa shape index (κ1) is 13.3. The van der Waals surface area contributed by atoms with Crippen LogP contribution < -0.4 is 5.32 Å². The highest BCUT2D eigenvalue weighted by atomic mass is 16.5. The Morgan fingerprint density at radius 2 is 2.15 bits per heavy atom. The zero-order valence-corrected chi connectivity index (χ0v) is 11.5. The second-order valence-electron chi connectivity index (χ2n) is 5.30. The van der Waals surface area contributed by atoms with Gasteiger partial charge in [0.15, 0.2) is 0 Å². The number of nitrogens with one attached hydrogen (secondary N) is 1. The minimum Gasteiger partial charge on any atom is -0.381 e. The van der Waals surface area contributed by atoms with Gasteiger partial charge in [-0.2, -0.15) is 0 Å². The molecule has 0 spiro atoms. The van der Waals surface area contributed by atoms with Gasteiger partial charge in [0.2, 0.25) is 5.91 Å². The molecular weight excluding hydrogens is 256 g/mol. The molecule has 2 aliphatic rings. The van der Waals surface area contributed by atoms with Crippen molar-refractivity contribution >= 4 is 11.7 Å². The molecule has 3 heterocycles. The fourth-order valence-electron chi connectivity index (χ4n) is 2.53. The molecule has 3 rings (SSSR count). The second kappa shape index (κ2) is 6.17. The van der Waals surface area contributed by atoms with Crippen LogP contribution in [-0.2, 0) is 9.53 Å². The third-order valence-corrected chi connectivity index (χ3v) is 3.96. The maximum Gasteiger partial charge on any atom is 0.241 e. The summed E-state index contributed by atoms with van der Waals surface area (Å²) in [6.07, 6.45) is 4.70. The van der Waals surface area contributed by atoms with Crippen LogP contribution in [0.25, 0.3) is 0 Å². The molecule has 0 saturated carbocycles. The van der Waals surface area contributed by atoms with Crippen LogP contribution in [-0.4, -0.2) is 53.6 Å². The first-order valence-corrected chi connectivity index (χ1v) is 7.24. The van der Waals surface area contributed by atoms with Crippen LogP contribution >= 0.6 is 0 Å². The zero-order chi connectivity index (χ0) is 13.8. The third-order valence-electron chi connectivity index (χ3n) is 3.96. The Morgan fingerprint density at radius 3 is 2.85 bits per heavy atom. The van der Waals surface area contributed by atoms with Crippen molar-refractivity contribution in [2.24, 2.45) is 0 Å². The van der Waals surface area contributed by atoms with Crippen LogP contribution in [0.5, 0.6) is 0 Å². The van der Waals surface area contributed by atoms with E-state index in [4.69, 9.17) is 4.74 Å². The SMILES string of the molecule is O=C(CNc1cc(C2CCOCC2)ncn1)N1CCC1.